The zero-order valence-corrected chi connectivity index (χ0v) is 8.60. The molecule has 1 heterocycles. The Labute approximate surface area is 92.2 Å². The monoisotopic (exact) mass is 225 g/mol. The first-order chi connectivity index (χ1) is 7.66. The van der Waals surface area contributed by atoms with Crippen LogP contribution in [0.4, 0.5) is 9.18 Å². The first-order valence-corrected chi connectivity index (χ1v) is 5.02. The maximum Gasteiger partial charge on any atom is 0.407 e. The standard InChI is InChI=1S/C11H12FNO3/c12-9-3-1-2-8(6-9)10-7-13(11(14)15)4-5-16-10/h1-3,6,10H,4-5,7H2,(H,14,15). The van der Waals surface area contributed by atoms with E-state index in [0.717, 1.165) is 0 Å². The summed E-state index contributed by atoms with van der Waals surface area (Å²) in [5, 5.41) is 8.85. The van der Waals surface area contributed by atoms with E-state index in [1.165, 1.54) is 17.0 Å². The number of morpholine rings is 1. The smallest absolute Gasteiger partial charge is 0.407 e. The second-order valence-electron chi connectivity index (χ2n) is 3.64. The minimum absolute atomic E-state index is 0.249. The minimum atomic E-state index is -0.968. The molecule has 5 heteroatoms. The Morgan fingerprint density at radius 1 is 1.56 bits per heavy atom. The molecular formula is C11H12FNO3. The van der Waals surface area contributed by atoms with Crippen molar-refractivity contribution in [3.63, 3.8) is 0 Å². The van der Waals surface area contributed by atoms with Gasteiger partial charge in [0.25, 0.3) is 0 Å². The van der Waals surface area contributed by atoms with Gasteiger partial charge in [-0.05, 0) is 17.7 Å². The minimum Gasteiger partial charge on any atom is -0.465 e. The number of hydrogen-bond donors (Lipinski definition) is 1. The average Bonchev–Trinajstić information content (AvgIpc) is 2.29. The number of carbonyl (C=O) groups is 1. The highest BCUT2D eigenvalue weighted by molar-refractivity contribution is 5.65. The van der Waals surface area contributed by atoms with E-state index in [4.69, 9.17) is 9.84 Å². The molecule has 1 amide bonds. The van der Waals surface area contributed by atoms with Gasteiger partial charge in [-0.15, -0.1) is 0 Å². The van der Waals surface area contributed by atoms with E-state index >= 15 is 0 Å². The molecule has 0 aliphatic carbocycles. The predicted molar refractivity (Wildman–Crippen MR) is 54.7 cm³/mol. The Morgan fingerprint density at radius 2 is 2.38 bits per heavy atom. The number of rotatable bonds is 1. The maximum atomic E-state index is 13.0. The zero-order valence-electron chi connectivity index (χ0n) is 8.60. The van der Waals surface area contributed by atoms with Gasteiger partial charge in [0, 0.05) is 6.54 Å². The molecule has 1 aliphatic heterocycles. The van der Waals surface area contributed by atoms with Gasteiger partial charge in [0.15, 0.2) is 0 Å². The van der Waals surface area contributed by atoms with Crippen molar-refractivity contribution in [3.05, 3.63) is 35.6 Å². The molecule has 16 heavy (non-hydrogen) atoms. The fourth-order valence-corrected chi connectivity index (χ4v) is 1.73. The third kappa shape index (κ3) is 2.30. The van der Waals surface area contributed by atoms with Crippen LogP contribution in [-0.4, -0.2) is 35.8 Å². The van der Waals surface area contributed by atoms with Crippen LogP contribution in [0.15, 0.2) is 24.3 Å². The van der Waals surface area contributed by atoms with Crippen molar-refractivity contribution >= 4 is 6.09 Å². The molecule has 1 saturated heterocycles. The van der Waals surface area contributed by atoms with E-state index in [-0.39, 0.29) is 18.5 Å². The number of carboxylic acid groups (broad SMARTS) is 1. The molecule has 1 aromatic carbocycles. The van der Waals surface area contributed by atoms with Gasteiger partial charge in [-0.3, -0.25) is 0 Å². The second kappa shape index (κ2) is 4.49. The lowest BCUT2D eigenvalue weighted by Crippen LogP contribution is -2.41. The molecule has 0 bridgehead atoms. The summed E-state index contributed by atoms with van der Waals surface area (Å²) in [5.41, 5.74) is 0.672. The van der Waals surface area contributed by atoms with Gasteiger partial charge in [-0.25, -0.2) is 9.18 Å². The van der Waals surface area contributed by atoms with E-state index in [9.17, 15) is 9.18 Å². The van der Waals surface area contributed by atoms with Crippen LogP contribution < -0.4 is 0 Å². The fraction of sp³-hybridized carbons (Fsp3) is 0.364. The van der Waals surface area contributed by atoms with E-state index in [0.29, 0.717) is 18.7 Å². The van der Waals surface area contributed by atoms with Crippen LogP contribution in [0.5, 0.6) is 0 Å². The number of benzene rings is 1. The van der Waals surface area contributed by atoms with E-state index in [2.05, 4.69) is 0 Å². The van der Waals surface area contributed by atoms with Crippen LogP contribution in [-0.2, 0) is 4.74 Å². The Hall–Kier alpha value is -1.62. The highest BCUT2D eigenvalue weighted by atomic mass is 19.1. The number of ether oxygens (including phenoxy) is 1. The van der Waals surface area contributed by atoms with Crippen LogP contribution >= 0.6 is 0 Å². The first-order valence-electron chi connectivity index (χ1n) is 5.02. The lowest BCUT2D eigenvalue weighted by molar-refractivity contribution is -0.0233. The topological polar surface area (TPSA) is 49.8 Å². The van der Waals surface area contributed by atoms with Crippen molar-refractivity contribution in [1.29, 1.82) is 0 Å². The summed E-state index contributed by atoms with van der Waals surface area (Å²) in [6.07, 6.45) is -1.34. The fourth-order valence-electron chi connectivity index (χ4n) is 1.73. The average molecular weight is 225 g/mol. The van der Waals surface area contributed by atoms with Crippen LogP contribution in [0.3, 0.4) is 0 Å². The van der Waals surface area contributed by atoms with Crippen molar-refractivity contribution in [2.75, 3.05) is 19.7 Å². The molecule has 86 valence electrons. The lowest BCUT2D eigenvalue weighted by atomic mass is 10.1. The number of nitrogens with zero attached hydrogens (tertiary/aromatic N) is 1. The molecule has 1 aliphatic rings. The summed E-state index contributed by atoms with van der Waals surface area (Å²) in [6, 6.07) is 6.05. The number of amides is 1. The highest BCUT2D eigenvalue weighted by Crippen LogP contribution is 2.22. The van der Waals surface area contributed by atoms with Crippen molar-refractivity contribution < 1.29 is 19.0 Å². The van der Waals surface area contributed by atoms with Gasteiger partial charge < -0.3 is 14.7 Å². The molecule has 1 N–H and O–H groups in total. The van der Waals surface area contributed by atoms with Crippen molar-refractivity contribution in [2.24, 2.45) is 0 Å². The summed E-state index contributed by atoms with van der Waals surface area (Å²) in [4.78, 5) is 12.1. The van der Waals surface area contributed by atoms with Crippen molar-refractivity contribution in [3.8, 4) is 0 Å². The van der Waals surface area contributed by atoms with Crippen LogP contribution in [0, 0.1) is 5.82 Å². The summed E-state index contributed by atoms with van der Waals surface area (Å²) in [6.45, 7) is 0.952. The van der Waals surface area contributed by atoms with Crippen molar-refractivity contribution in [1.82, 2.24) is 4.90 Å². The largest absolute Gasteiger partial charge is 0.465 e. The highest BCUT2D eigenvalue weighted by Gasteiger charge is 2.24. The molecular weight excluding hydrogens is 213 g/mol. The van der Waals surface area contributed by atoms with E-state index in [1.807, 2.05) is 0 Å². The van der Waals surface area contributed by atoms with Gasteiger partial charge in [0.05, 0.1) is 13.2 Å². The first kappa shape index (κ1) is 10.9. The Balaban J connectivity index is 2.12. The SMILES string of the molecule is O=C(O)N1CCOC(c2cccc(F)c2)C1. The number of hydrogen-bond acceptors (Lipinski definition) is 2. The van der Waals surface area contributed by atoms with Gasteiger partial charge in [-0.2, -0.15) is 0 Å². The molecule has 1 aromatic rings. The van der Waals surface area contributed by atoms with E-state index < -0.39 is 6.09 Å². The molecule has 1 atom stereocenters. The summed E-state index contributed by atoms with van der Waals surface area (Å²) in [7, 11) is 0. The third-order valence-corrected chi connectivity index (χ3v) is 2.56. The predicted octanol–water partition coefficient (Wildman–Crippen LogP) is 1.88. The van der Waals surface area contributed by atoms with E-state index in [1.54, 1.807) is 12.1 Å². The summed E-state index contributed by atoms with van der Waals surface area (Å²) < 4.78 is 18.4. The molecule has 2 rings (SSSR count). The van der Waals surface area contributed by atoms with Gasteiger partial charge in [0.1, 0.15) is 11.9 Å². The molecule has 4 nitrogen and oxygen atoms in total. The lowest BCUT2D eigenvalue weighted by Gasteiger charge is -2.31. The third-order valence-electron chi connectivity index (χ3n) is 2.56. The quantitative estimate of drug-likeness (QED) is 0.793. The van der Waals surface area contributed by atoms with Gasteiger partial charge >= 0.3 is 6.09 Å². The van der Waals surface area contributed by atoms with Crippen molar-refractivity contribution in [2.45, 2.75) is 6.10 Å². The molecule has 0 radical (unpaired) electrons. The molecule has 0 aromatic heterocycles. The van der Waals surface area contributed by atoms with Crippen LogP contribution in [0.2, 0.25) is 0 Å². The molecule has 0 spiro atoms. The van der Waals surface area contributed by atoms with Gasteiger partial charge in [0.2, 0.25) is 0 Å². The molecule has 1 fully saturated rings. The Morgan fingerprint density at radius 3 is 3.06 bits per heavy atom. The van der Waals surface area contributed by atoms with Crippen LogP contribution in [0.1, 0.15) is 11.7 Å². The Kier molecular flexibility index (Phi) is 3.05. The molecule has 1 unspecified atom stereocenters. The summed E-state index contributed by atoms with van der Waals surface area (Å²) >= 11 is 0. The molecule has 0 saturated carbocycles. The second-order valence-corrected chi connectivity index (χ2v) is 3.64. The van der Waals surface area contributed by atoms with Crippen LogP contribution in [0.25, 0.3) is 0 Å². The zero-order chi connectivity index (χ0) is 11.5. The number of halogens is 1. The Bertz CT molecular complexity index is 397. The van der Waals surface area contributed by atoms with Gasteiger partial charge in [-0.1, -0.05) is 12.1 Å². The summed E-state index contributed by atoms with van der Waals surface area (Å²) in [5.74, 6) is -0.339. The normalized spacial score (nSPS) is 20.8. The maximum absolute atomic E-state index is 13.0.